The first-order valence-corrected chi connectivity index (χ1v) is 22.9. The Morgan fingerprint density at radius 3 is 1.36 bits per heavy atom. The molecule has 0 aromatic carbocycles. The molecule has 8 rings (SSSR count). The molecular formula is C38H64O7P2. The minimum Gasteiger partial charge on any atom is -0.302 e. The summed E-state index contributed by atoms with van der Waals surface area (Å²) in [7, 11) is -9.58. The van der Waals surface area contributed by atoms with E-state index < -0.39 is 27.9 Å². The molecule has 8 aliphatic carbocycles. The summed E-state index contributed by atoms with van der Waals surface area (Å²) in [5, 5.41) is 0. The second-order valence-corrected chi connectivity index (χ2v) is 22.5. The van der Waals surface area contributed by atoms with E-state index in [0.717, 1.165) is 74.0 Å². The SMILES string of the molecule is C[C@@]12CCC[C@H]1[C@@H]1CC[C@H]3C[C@@H](OP(=O)(O)OP(=O)(O)O[C@H]4CC[C@@]5(C)[C@@H](CC[C@H]6[C@@H]7CCC[C@@]7(C)CC[C@@H]65)C4)CC[C@]3(C)[C@H]1CC2. The zero-order valence-electron chi connectivity index (χ0n) is 29.7. The standard InChI is InChI=1S/C38H64O7P2/c1-35-17-5-7-31(35)29-11-9-25-23-27(13-21-37(25,3)33(29)15-19-35)43-46(39,40)45-47(41,42)44-28-14-22-38(4)26(24-28)10-12-30-32-8-6-18-36(32,2)20-16-34(30)38/h25-34H,5-24H2,1-4H3,(H,39,40)(H,41,42)/t25-,26-,27-,28-,29-,30-,31-,32-,33-,34-,35-,36-,37-,38-/m0/s1. The fourth-order valence-electron chi connectivity index (χ4n) is 15.2. The van der Waals surface area contributed by atoms with Crippen molar-refractivity contribution in [2.75, 3.05) is 0 Å². The Morgan fingerprint density at radius 2 is 0.936 bits per heavy atom. The topological polar surface area (TPSA) is 102 Å². The number of rotatable bonds is 6. The minimum absolute atomic E-state index is 0.241. The van der Waals surface area contributed by atoms with E-state index in [0.29, 0.717) is 35.5 Å². The summed E-state index contributed by atoms with van der Waals surface area (Å²) in [4.78, 5) is 21.5. The number of hydrogen-bond acceptors (Lipinski definition) is 5. The Labute approximate surface area is 284 Å². The van der Waals surface area contributed by atoms with E-state index in [1.54, 1.807) is 0 Å². The quantitative estimate of drug-likeness (QED) is 0.267. The number of phosphoric acid groups is 2. The Balaban J connectivity index is 0.855. The molecule has 2 unspecified atom stereocenters. The molecule has 2 N–H and O–H groups in total. The average molecular weight is 695 g/mol. The van der Waals surface area contributed by atoms with Crippen molar-refractivity contribution in [2.24, 2.45) is 69.0 Å². The highest BCUT2D eigenvalue weighted by Gasteiger charge is 2.60. The van der Waals surface area contributed by atoms with Gasteiger partial charge < -0.3 is 9.79 Å². The fourth-order valence-corrected chi connectivity index (χ4v) is 17.6. The molecule has 8 fully saturated rings. The van der Waals surface area contributed by atoms with Crippen molar-refractivity contribution < 1.29 is 32.3 Å². The smallest absolute Gasteiger partial charge is 0.302 e. The van der Waals surface area contributed by atoms with Gasteiger partial charge in [-0.3, -0.25) is 9.05 Å². The largest absolute Gasteiger partial charge is 0.481 e. The van der Waals surface area contributed by atoms with Gasteiger partial charge in [-0.15, -0.1) is 0 Å². The predicted molar refractivity (Wildman–Crippen MR) is 183 cm³/mol. The summed E-state index contributed by atoms with van der Waals surface area (Å²) < 4.78 is 42.9. The average Bonchev–Trinajstić information content (AvgIpc) is 3.59. The van der Waals surface area contributed by atoms with Crippen LogP contribution in [0.25, 0.3) is 0 Å². The summed E-state index contributed by atoms with van der Waals surface area (Å²) in [6.07, 6.45) is 22.3. The first kappa shape index (κ1) is 34.4. The van der Waals surface area contributed by atoms with Crippen molar-refractivity contribution in [2.45, 2.75) is 168 Å². The van der Waals surface area contributed by atoms with Gasteiger partial charge >= 0.3 is 15.6 Å². The summed E-state index contributed by atoms with van der Waals surface area (Å²) in [6, 6.07) is 0. The van der Waals surface area contributed by atoms with Crippen LogP contribution in [-0.2, 0) is 22.5 Å². The van der Waals surface area contributed by atoms with Crippen LogP contribution in [0.2, 0.25) is 0 Å². The van der Waals surface area contributed by atoms with Gasteiger partial charge in [0.15, 0.2) is 0 Å². The predicted octanol–water partition coefficient (Wildman–Crippen LogP) is 10.8. The molecule has 0 heterocycles. The highest BCUT2D eigenvalue weighted by molar-refractivity contribution is 7.61. The molecule has 9 heteroatoms. The first-order chi connectivity index (χ1) is 22.1. The minimum atomic E-state index is -4.79. The highest BCUT2D eigenvalue weighted by atomic mass is 31.3. The molecular weight excluding hydrogens is 630 g/mol. The van der Waals surface area contributed by atoms with Crippen LogP contribution in [-0.4, -0.2) is 22.0 Å². The molecule has 8 aliphatic rings. The Bertz CT molecular complexity index is 1210. The molecule has 8 saturated carbocycles. The molecule has 47 heavy (non-hydrogen) atoms. The van der Waals surface area contributed by atoms with Crippen molar-refractivity contribution in [3.8, 4) is 0 Å². The van der Waals surface area contributed by atoms with Crippen LogP contribution in [0.5, 0.6) is 0 Å². The third-order valence-corrected chi connectivity index (χ3v) is 20.3. The zero-order valence-corrected chi connectivity index (χ0v) is 31.5. The lowest BCUT2D eigenvalue weighted by atomic mass is 9.45. The lowest BCUT2D eigenvalue weighted by Crippen LogP contribution is -2.53. The van der Waals surface area contributed by atoms with Crippen LogP contribution >= 0.6 is 15.6 Å². The molecule has 0 aliphatic heterocycles. The van der Waals surface area contributed by atoms with Gasteiger partial charge in [0.25, 0.3) is 0 Å². The van der Waals surface area contributed by atoms with Gasteiger partial charge in [-0.25, -0.2) is 9.13 Å². The summed E-state index contributed by atoms with van der Waals surface area (Å²) in [5.74, 6) is 5.72. The first-order valence-electron chi connectivity index (χ1n) is 19.9. The number of hydrogen-bond donors (Lipinski definition) is 2. The van der Waals surface area contributed by atoms with Crippen LogP contribution in [0.1, 0.15) is 156 Å². The lowest BCUT2D eigenvalue weighted by Gasteiger charge is -2.60. The number of fused-ring (bicyclic) bond motifs is 10. The van der Waals surface area contributed by atoms with Crippen LogP contribution in [0.3, 0.4) is 0 Å². The van der Waals surface area contributed by atoms with Crippen molar-refractivity contribution in [3.63, 3.8) is 0 Å². The second-order valence-electron chi connectivity index (χ2n) is 19.5. The molecule has 0 spiro atoms. The van der Waals surface area contributed by atoms with Crippen molar-refractivity contribution >= 4 is 15.6 Å². The Hall–Kier alpha value is 0.260. The van der Waals surface area contributed by atoms with E-state index in [1.165, 1.54) is 77.0 Å². The molecule has 0 aromatic rings. The molecule has 0 bridgehead atoms. The van der Waals surface area contributed by atoms with E-state index in [1.807, 2.05) is 0 Å². The zero-order chi connectivity index (χ0) is 33.0. The summed E-state index contributed by atoms with van der Waals surface area (Å²) >= 11 is 0. The van der Waals surface area contributed by atoms with Crippen molar-refractivity contribution in [1.82, 2.24) is 0 Å². The van der Waals surface area contributed by atoms with E-state index in [4.69, 9.17) is 13.4 Å². The van der Waals surface area contributed by atoms with Gasteiger partial charge in [-0.1, -0.05) is 40.5 Å². The lowest BCUT2D eigenvalue weighted by molar-refractivity contribution is -0.121. The molecule has 7 nitrogen and oxygen atoms in total. The summed E-state index contributed by atoms with van der Waals surface area (Å²) in [5.41, 5.74) is 1.56. The third-order valence-electron chi connectivity index (χ3n) is 17.6. The van der Waals surface area contributed by atoms with E-state index >= 15 is 0 Å². The maximum absolute atomic E-state index is 13.2. The molecule has 0 amide bonds. The second kappa shape index (κ2) is 11.9. The molecule has 268 valence electrons. The Kier molecular flexibility index (Phi) is 8.69. The fraction of sp³-hybridized carbons (Fsp3) is 1.00. The van der Waals surface area contributed by atoms with Crippen molar-refractivity contribution in [1.29, 1.82) is 0 Å². The molecule has 16 atom stereocenters. The van der Waals surface area contributed by atoms with Crippen LogP contribution < -0.4 is 0 Å². The monoisotopic (exact) mass is 694 g/mol. The number of phosphoric ester groups is 2. The highest BCUT2D eigenvalue weighted by Crippen LogP contribution is 2.70. The molecule has 0 aromatic heterocycles. The maximum Gasteiger partial charge on any atom is 0.481 e. The third kappa shape index (κ3) is 5.87. The Morgan fingerprint density at radius 1 is 0.511 bits per heavy atom. The van der Waals surface area contributed by atoms with Gasteiger partial charge in [-0.2, -0.15) is 4.31 Å². The van der Waals surface area contributed by atoms with E-state index in [-0.39, 0.29) is 10.8 Å². The normalized spacial score (nSPS) is 54.9. The van der Waals surface area contributed by atoms with Crippen molar-refractivity contribution in [3.05, 3.63) is 0 Å². The van der Waals surface area contributed by atoms with Crippen LogP contribution in [0, 0.1) is 69.0 Å². The van der Waals surface area contributed by atoms with Gasteiger partial charge in [0.2, 0.25) is 0 Å². The molecule has 0 saturated heterocycles. The van der Waals surface area contributed by atoms with E-state index in [2.05, 4.69) is 27.7 Å². The van der Waals surface area contributed by atoms with Gasteiger partial charge in [-0.05, 0) is 185 Å². The van der Waals surface area contributed by atoms with Crippen LogP contribution in [0.4, 0.5) is 0 Å². The van der Waals surface area contributed by atoms with E-state index in [9.17, 15) is 18.9 Å². The molecule has 0 radical (unpaired) electrons. The summed E-state index contributed by atoms with van der Waals surface area (Å²) in [6.45, 7) is 10.0. The van der Waals surface area contributed by atoms with Crippen LogP contribution in [0.15, 0.2) is 0 Å². The van der Waals surface area contributed by atoms with Gasteiger partial charge in [0.05, 0.1) is 12.2 Å². The van der Waals surface area contributed by atoms with Gasteiger partial charge in [0, 0.05) is 0 Å². The maximum atomic E-state index is 13.2. The van der Waals surface area contributed by atoms with Gasteiger partial charge in [0.1, 0.15) is 0 Å².